The minimum atomic E-state index is 0.632. The van der Waals surface area contributed by atoms with E-state index in [1.54, 1.807) is 0 Å². The number of aromatic amines is 1. The fourth-order valence-electron chi connectivity index (χ4n) is 2.07. The summed E-state index contributed by atoms with van der Waals surface area (Å²) in [6, 6.07) is 0.632. The second-order valence-electron chi connectivity index (χ2n) is 4.04. The third-order valence-electron chi connectivity index (χ3n) is 2.99. The van der Waals surface area contributed by atoms with Crippen molar-refractivity contribution in [2.24, 2.45) is 5.92 Å². The first-order chi connectivity index (χ1) is 6.77. The smallest absolute Gasteiger partial charge is 0.195 e. The Kier molecular flexibility index (Phi) is 2.72. The molecule has 3 nitrogen and oxygen atoms in total. The lowest BCUT2D eigenvalue weighted by molar-refractivity contribution is 0.600. The third kappa shape index (κ3) is 1.63. The largest absolute Gasteiger partial charge is 0.301 e. The van der Waals surface area contributed by atoms with Crippen molar-refractivity contribution in [1.29, 1.82) is 0 Å². The molecule has 1 saturated carbocycles. The molecule has 0 spiro atoms. The molecule has 1 aliphatic carbocycles. The molecule has 2 unspecified atom stereocenters. The SMILES string of the molecule is CCCc1n[nH]c(=S)n1C1CC1CC. The summed E-state index contributed by atoms with van der Waals surface area (Å²) in [5.74, 6) is 1.97. The van der Waals surface area contributed by atoms with Crippen LogP contribution in [0.5, 0.6) is 0 Å². The number of hydrogen-bond acceptors (Lipinski definition) is 2. The molecule has 1 fully saturated rings. The highest BCUT2D eigenvalue weighted by atomic mass is 32.1. The molecular weight excluding hydrogens is 194 g/mol. The zero-order valence-corrected chi connectivity index (χ0v) is 9.60. The summed E-state index contributed by atoms with van der Waals surface area (Å²) in [4.78, 5) is 0. The summed E-state index contributed by atoms with van der Waals surface area (Å²) in [6.07, 6.45) is 4.69. The molecule has 0 amide bonds. The average molecular weight is 211 g/mol. The van der Waals surface area contributed by atoms with Crippen LogP contribution in [-0.2, 0) is 6.42 Å². The van der Waals surface area contributed by atoms with Gasteiger partial charge < -0.3 is 4.57 Å². The van der Waals surface area contributed by atoms with E-state index in [-0.39, 0.29) is 0 Å². The van der Waals surface area contributed by atoms with E-state index in [1.807, 2.05) is 0 Å². The van der Waals surface area contributed by atoms with Crippen LogP contribution < -0.4 is 0 Å². The molecular formula is C10H17N3S. The maximum Gasteiger partial charge on any atom is 0.195 e. The molecule has 4 heteroatoms. The highest BCUT2D eigenvalue weighted by molar-refractivity contribution is 7.71. The monoisotopic (exact) mass is 211 g/mol. The van der Waals surface area contributed by atoms with Gasteiger partial charge in [-0.05, 0) is 31.0 Å². The van der Waals surface area contributed by atoms with E-state index in [1.165, 1.54) is 12.8 Å². The fraction of sp³-hybridized carbons (Fsp3) is 0.800. The van der Waals surface area contributed by atoms with Gasteiger partial charge in [0.15, 0.2) is 4.77 Å². The number of hydrogen-bond donors (Lipinski definition) is 1. The molecule has 1 N–H and O–H groups in total. The van der Waals surface area contributed by atoms with E-state index in [2.05, 4.69) is 28.6 Å². The standard InChI is InChI=1S/C10H17N3S/c1-3-5-9-11-12-10(14)13(9)8-6-7(8)4-2/h7-8H,3-6H2,1-2H3,(H,12,14). The first kappa shape index (κ1) is 9.90. The highest BCUT2D eigenvalue weighted by Gasteiger charge is 2.38. The topological polar surface area (TPSA) is 33.6 Å². The Balaban J connectivity index is 2.23. The molecule has 1 aromatic heterocycles. The zero-order chi connectivity index (χ0) is 10.1. The van der Waals surface area contributed by atoms with Gasteiger partial charge in [0, 0.05) is 12.5 Å². The molecule has 14 heavy (non-hydrogen) atoms. The Morgan fingerprint density at radius 3 is 2.93 bits per heavy atom. The maximum atomic E-state index is 5.25. The quantitative estimate of drug-likeness (QED) is 0.777. The van der Waals surface area contributed by atoms with E-state index >= 15 is 0 Å². The Bertz CT molecular complexity index is 366. The minimum absolute atomic E-state index is 0.632. The number of H-pyrrole nitrogens is 1. The Hall–Kier alpha value is -0.640. The number of rotatable bonds is 4. The van der Waals surface area contributed by atoms with Gasteiger partial charge in [-0.3, -0.25) is 5.10 Å². The highest BCUT2D eigenvalue weighted by Crippen LogP contribution is 2.46. The van der Waals surface area contributed by atoms with Crippen LogP contribution in [0.2, 0.25) is 0 Å². The maximum absolute atomic E-state index is 5.25. The van der Waals surface area contributed by atoms with Gasteiger partial charge in [-0.25, -0.2) is 0 Å². The summed E-state index contributed by atoms with van der Waals surface area (Å²) >= 11 is 5.25. The lowest BCUT2D eigenvalue weighted by Gasteiger charge is -2.04. The summed E-state index contributed by atoms with van der Waals surface area (Å²) in [5.41, 5.74) is 0. The van der Waals surface area contributed by atoms with Gasteiger partial charge in [0.05, 0.1) is 0 Å². The molecule has 0 bridgehead atoms. The molecule has 1 aromatic rings. The fourth-order valence-corrected chi connectivity index (χ4v) is 2.35. The van der Waals surface area contributed by atoms with Crippen molar-refractivity contribution in [2.75, 3.05) is 0 Å². The van der Waals surface area contributed by atoms with E-state index < -0.39 is 0 Å². The van der Waals surface area contributed by atoms with Crippen LogP contribution in [0.1, 0.15) is 45.0 Å². The van der Waals surface area contributed by atoms with Gasteiger partial charge >= 0.3 is 0 Å². The van der Waals surface area contributed by atoms with Crippen LogP contribution >= 0.6 is 12.2 Å². The predicted molar refractivity (Wildman–Crippen MR) is 58.8 cm³/mol. The first-order valence-electron chi connectivity index (χ1n) is 5.43. The van der Waals surface area contributed by atoms with Crippen LogP contribution in [0.25, 0.3) is 0 Å². The average Bonchev–Trinajstić information content (AvgIpc) is 2.86. The molecule has 1 aliphatic rings. The normalized spacial score (nSPS) is 25.3. The second-order valence-corrected chi connectivity index (χ2v) is 4.42. The molecule has 2 atom stereocenters. The number of nitrogens with zero attached hydrogens (tertiary/aromatic N) is 2. The van der Waals surface area contributed by atoms with E-state index in [0.717, 1.165) is 29.4 Å². The van der Waals surface area contributed by atoms with Crippen LogP contribution in [-0.4, -0.2) is 14.8 Å². The summed E-state index contributed by atoms with van der Waals surface area (Å²) in [5, 5.41) is 7.19. The van der Waals surface area contributed by atoms with Crippen molar-refractivity contribution in [2.45, 2.75) is 45.6 Å². The van der Waals surface area contributed by atoms with Crippen molar-refractivity contribution >= 4 is 12.2 Å². The first-order valence-corrected chi connectivity index (χ1v) is 5.84. The summed E-state index contributed by atoms with van der Waals surface area (Å²) in [7, 11) is 0. The van der Waals surface area contributed by atoms with E-state index in [9.17, 15) is 0 Å². The van der Waals surface area contributed by atoms with Crippen LogP contribution in [0, 0.1) is 10.7 Å². The van der Waals surface area contributed by atoms with Gasteiger partial charge in [0.2, 0.25) is 0 Å². The van der Waals surface area contributed by atoms with Crippen molar-refractivity contribution in [3.63, 3.8) is 0 Å². The van der Waals surface area contributed by atoms with Gasteiger partial charge in [-0.2, -0.15) is 5.10 Å². The molecule has 0 aromatic carbocycles. The van der Waals surface area contributed by atoms with Gasteiger partial charge in [0.25, 0.3) is 0 Å². The second kappa shape index (κ2) is 3.85. The molecule has 2 rings (SSSR count). The molecule has 0 aliphatic heterocycles. The van der Waals surface area contributed by atoms with Gasteiger partial charge in [0.1, 0.15) is 5.82 Å². The van der Waals surface area contributed by atoms with Gasteiger partial charge in [-0.1, -0.05) is 20.3 Å². The zero-order valence-electron chi connectivity index (χ0n) is 8.79. The number of aryl methyl sites for hydroxylation is 1. The van der Waals surface area contributed by atoms with Crippen molar-refractivity contribution in [3.05, 3.63) is 10.6 Å². The predicted octanol–water partition coefficient (Wildman–Crippen LogP) is 2.86. The Labute approximate surface area is 89.5 Å². The third-order valence-corrected chi connectivity index (χ3v) is 3.28. The molecule has 78 valence electrons. The van der Waals surface area contributed by atoms with Crippen molar-refractivity contribution in [1.82, 2.24) is 14.8 Å². The molecule has 0 radical (unpaired) electrons. The summed E-state index contributed by atoms with van der Waals surface area (Å²) < 4.78 is 3.03. The van der Waals surface area contributed by atoms with Crippen molar-refractivity contribution in [3.8, 4) is 0 Å². The van der Waals surface area contributed by atoms with Gasteiger partial charge in [-0.15, -0.1) is 0 Å². The van der Waals surface area contributed by atoms with E-state index in [0.29, 0.717) is 6.04 Å². The van der Waals surface area contributed by atoms with Crippen LogP contribution in [0.3, 0.4) is 0 Å². The van der Waals surface area contributed by atoms with Crippen molar-refractivity contribution < 1.29 is 0 Å². The lowest BCUT2D eigenvalue weighted by Crippen LogP contribution is -2.03. The molecule has 1 heterocycles. The summed E-state index contributed by atoms with van der Waals surface area (Å²) in [6.45, 7) is 4.42. The Morgan fingerprint density at radius 2 is 2.36 bits per heavy atom. The van der Waals surface area contributed by atoms with Crippen LogP contribution in [0.15, 0.2) is 0 Å². The number of aromatic nitrogens is 3. The molecule has 0 saturated heterocycles. The minimum Gasteiger partial charge on any atom is -0.301 e. The van der Waals surface area contributed by atoms with E-state index in [4.69, 9.17) is 12.2 Å². The lowest BCUT2D eigenvalue weighted by atomic mass is 10.3. The van der Waals surface area contributed by atoms with Crippen LogP contribution in [0.4, 0.5) is 0 Å². The number of nitrogens with one attached hydrogen (secondary N) is 1. The Morgan fingerprint density at radius 1 is 1.57 bits per heavy atom.